The average Bonchev–Trinajstić information content (AvgIpc) is 2.68. The van der Waals surface area contributed by atoms with Crippen LogP contribution in [0.25, 0.3) is 0 Å². The molecule has 0 atom stereocenters. The van der Waals surface area contributed by atoms with Gasteiger partial charge in [-0.05, 0) is 48.8 Å². The molecule has 0 saturated heterocycles. The van der Waals surface area contributed by atoms with Crippen LogP contribution in [0.5, 0.6) is 0 Å². The van der Waals surface area contributed by atoms with Crippen molar-refractivity contribution in [2.24, 2.45) is 5.41 Å². The maximum absolute atomic E-state index is 9.43. The van der Waals surface area contributed by atoms with Crippen molar-refractivity contribution < 1.29 is 0 Å². The molecule has 0 saturated carbocycles. The summed E-state index contributed by atoms with van der Waals surface area (Å²) in [6, 6.07) is 11.1. The van der Waals surface area contributed by atoms with Gasteiger partial charge in [-0.3, -0.25) is 0 Å². The molecule has 2 heteroatoms. The van der Waals surface area contributed by atoms with Crippen molar-refractivity contribution in [2.75, 3.05) is 12.0 Å². The Morgan fingerprint density at radius 2 is 1.94 bits per heavy atom. The first-order chi connectivity index (χ1) is 7.79. The molecule has 0 amide bonds. The van der Waals surface area contributed by atoms with Crippen molar-refractivity contribution >= 4 is 11.8 Å². The normalized spacial score (nSPS) is 16.8. The van der Waals surface area contributed by atoms with Crippen molar-refractivity contribution in [3.63, 3.8) is 0 Å². The molecular formula is C14H17NS. The molecule has 0 aromatic heterocycles. The average molecular weight is 231 g/mol. The van der Waals surface area contributed by atoms with Gasteiger partial charge in [0, 0.05) is 0 Å². The van der Waals surface area contributed by atoms with Crippen LogP contribution in [0.3, 0.4) is 0 Å². The molecule has 84 valence electrons. The fourth-order valence-corrected chi connectivity index (χ4v) is 2.99. The Morgan fingerprint density at radius 3 is 2.44 bits per heavy atom. The predicted molar refractivity (Wildman–Crippen MR) is 69.5 cm³/mol. The third-order valence-corrected chi connectivity index (χ3v) is 4.11. The van der Waals surface area contributed by atoms with Gasteiger partial charge in [-0.25, -0.2) is 0 Å². The van der Waals surface area contributed by atoms with Crippen LogP contribution in [0, 0.1) is 16.7 Å². The molecule has 0 unspecified atom stereocenters. The highest BCUT2D eigenvalue weighted by molar-refractivity contribution is 7.98. The first kappa shape index (κ1) is 11.5. The Labute approximate surface area is 102 Å². The number of hydrogen-bond acceptors (Lipinski definition) is 2. The van der Waals surface area contributed by atoms with Crippen LogP contribution in [-0.2, 0) is 12.8 Å². The van der Waals surface area contributed by atoms with Crippen LogP contribution in [0.1, 0.15) is 24.0 Å². The largest absolute Gasteiger partial charge is 0.198 e. The SMILES string of the molecule is CSCCCC1(C#N)Cc2ccccc2C1. The van der Waals surface area contributed by atoms with E-state index in [9.17, 15) is 5.26 Å². The maximum atomic E-state index is 9.43. The van der Waals surface area contributed by atoms with E-state index < -0.39 is 0 Å². The van der Waals surface area contributed by atoms with Gasteiger partial charge in [0.05, 0.1) is 11.5 Å². The monoisotopic (exact) mass is 231 g/mol. The molecule has 0 N–H and O–H groups in total. The molecule has 0 spiro atoms. The van der Waals surface area contributed by atoms with E-state index in [1.54, 1.807) is 0 Å². The van der Waals surface area contributed by atoms with Crippen molar-refractivity contribution in [1.29, 1.82) is 5.26 Å². The third kappa shape index (κ3) is 2.25. The summed E-state index contributed by atoms with van der Waals surface area (Å²) in [6.07, 6.45) is 6.23. The number of benzene rings is 1. The zero-order chi connectivity index (χ0) is 11.4. The molecule has 1 aromatic rings. The van der Waals surface area contributed by atoms with Gasteiger partial charge in [0.1, 0.15) is 0 Å². The summed E-state index contributed by atoms with van der Waals surface area (Å²) in [5.74, 6) is 1.17. The first-order valence-corrected chi connectivity index (χ1v) is 7.16. The lowest BCUT2D eigenvalue weighted by Crippen LogP contribution is -2.19. The molecule has 0 fully saturated rings. The molecule has 1 aliphatic rings. The number of hydrogen-bond donors (Lipinski definition) is 0. The molecule has 1 nitrogen and oxygen atoms in total. The fraction of sp³-hybridized carbons (Fsp3) is 0.500. The van der Waals surface area contributed by atoms with Gasteiger partial charge in [0.25, 0.3) is 0 Å². The quantitative estimate of drug-likeness (QED) is 0.741. The molecule has 1 aliphatic carbocycles. The molecule has 16 heavy (non-hydrogen) atoms. The summed E-state index contributed by atoms with van der Waals surface area (Å²) in [5, 5.41) is 9.43. The molecule has 2 rings (SSSR count). The van der Waals surface area contributed by atoms with Gasteiger partial charge >= 0.3 is 0 Å². The topological polar surface area (TPSA) is 23.8 Å². The van der Waals surface area contributed by atoms with Gasteiger partial charge < -0.3 is 0 Å². The number of nitriles is 1. The molecule has 1 aromatic carbocycles. The smallest absolute Gasteiger partial charge is 0.0696 e. The Balaban J connectivity index is 2.08. The lowest BCUT2D eigenvalue weighted by atomic mass is 9.82. The van der Waals surface area contributed by atoms with E-state index in [1.165, 1.54) is 16.9 Å². The molecule has 0 heterocycles. The second-order valence-electron chi connectivity index (χ2n) is 4.61. The Bertz CT molecular complexity index is 380. The minimum absolute atomic E-state index is 0.112. The summed E-state index contributed by atoms with van der Waals surface area (Å²) in [6.45, 7) is 0. The number of thioether (sulfide) groups is 1. The number of nitrogens with zero attached hydrogens (tertiary/aromatic N) is 1. The van der Waals surface area contributed by atoms with E-state index in [2.05, 4.69) is 36.6 Å². The summed E-state index contributed by atoms with van der Waals surface area (Å²) >= 11 is 1.87. The van der Waals surface area contributed by atoms with Crippen molar-refractivity contribution in [2.45, 2.75) is 25.7 Å². The van der Waals surface area contributed by atoms with Gasteiger partial charge in [0.2, 0.25) is 0 Å². The summed E-state index contributed by atoms with van der Waals surface area (Å²) in [4.78, 5) is 0. The Hall–Kier alpha value is -0.940. The van der Waals surface area contributed by atoms with Crippen LogP contribution in [0.15, 0.2) is 24.3 Å². The lowest BCUT2D eigenvalue weighted by molar-refractivity contribution is 0.382. The minimum atomic E-state index is -0.112. The highest BCUT2D eigenvalue weighted by Crippen LogP contribution is 2.40. The highest BCUT2D eigenvalue weighted by Gasteiger charge is 2.36. The Kier molecular flexibility index (Phi) is 3.56. The van der Waals surface area contributed by atoms with E-state index in [4.69, 9.17) is 0 Å². The molecule has 0 bridgehead atoms. The van der Waals surface area contributed by atoms with Gasteiger partial charge in [-0.2, -0.15) is 17.0 Å². The third-order valence-electron chi connectivity index (χ3n) is 3.42. The van der Waals surface area contributed by atoms with Crippen molar-refractivity contribution in [1.82, 2.24) is 0 Å². The second-order valence-corrected chi connectivity index (χ2v) is 5.60. The number of rotatable bonds is 4. The Morgan fingerprint density at radius 1 is 1.31 bits per heavy atom. The maximum Gasteiger partial charge on any atom is 0.0696 e. The zero-order valence-electron chi connectivity index (χ0n) is 9.70. The van der Waals surface area contributed by atoms with E-state index >= 15 is 0 Å². The number of fused-ring (bicyclic) bond motifs is 1. The first-order valence-electron chi connectivity index (χ1n) is 5.77. The van der Waals surface area contributed by atoms with E-state index in [0.29, 0.717) is 0 Å². The second kappa shape index (κ2) is 4.93. The summed E-state index contributed by atoms with van der Waals surface area (Å²) in [7, 11) is 0. The van der Waals surface area contributed by atoms with Crippen LogP contribution >= 0.6 is 11.8 Å². The van der Waals surface area contributed by atoms with Crippen LogP contribution in [0.4, 0.5) is 0 Å². The van der Waals surface area contributed by atoms with E-state index in [0.717, 1.165) is 25.7 Å². The minimum Gasteiger partial charge on any atom is -0.198 e. The van der Waals surface area contributed by atoms with E-state index in [1.807, 2.05) is 11.8 Å². The molecule has 0 aliphatic heterocycles. The lowest BCUT2D eigenvalue weighted by Gasteiger charge is -2.19. The van der Waals surface area contributed by atoms with Crippen LogP contribution in [0.2, 0.25) is 0 Å². The van der Waals surface area contributed by atoms with Crippen LogP contribution in [-0.4, -0.2) is 12.0 Å². The predicted octanol–water partition coefficient (Wildman–Crippen LogP) is 3.44. The zero-order valence-corrected chi connectivity index (χ0v) is 10.5. The summed E-state index contributed by atoms with van der Waals surface area (Å²) < 4.78 is 0. The van der Waals surface area contributed by atoms with Gasteiger partial charge in [-0.15, -0.1) is 0 Å². The standard InChI is InChI=1S/C14H17NS/c1-16-8-4-7-14(11-15)9-12-5-2-3-6-13(12)10-14/h2-3,5-6H,4,7-10H2,1H3. The molecular weight excluding hydrogens is 214 g/mol. The van der Waals surface area contributed by atoms with Gasteiger partial charge in [0.15, 0.2) is 0 Å². The van der Waals surface area contributed by atoms with Crippen molar-refractivity contribution in [3.05, 3.63) is 35.4 Å². The van der Waals surface area contributed by atoms with E-state index in [-0.39, 0.29) is 5.41 Å². The van der Waals surface area contributed by atoms with Crippen molar-refractivity contribution in [3.8, 4) is 6.07 Å². The molecule has 0 radical (unpaired) electrons. The fourth-order valence-electron chi connectivity index (χ4n) is 2.56. The van der Waals surface area contributed by atoms with Gasteiger partial charge in [-0.1, -0.05) is 24.3 Å². The van der Waals surface area contributed by atoms with Crippen LogP contribution < -0.4 is 0 Å². The highest BCUT2D eigenvalue weighted by atomic mass is 32.2. The summed E-state index contributed by atoms with van der Waals surface area (Å²) in [5.41, 5.74) is 2.65.